The van der Waals surface area contributed by atoms with E-state index in [4.69, 9.17) is 4.74 Å². The monoisotopic (exact) mass is 291 g/mol. The number of ether oxygens (including phenoxy) is 1. The van der Waals surface area contributed by atoms with Gasteiger partial charge in [-0.15, -0.1) is 0 Å². The standard InChI is InChI=1S/C19H17NO2/c1-14(2)19(21)22-18-10-8-15(9-11-18)12-17(13-20)16-6-4-3-5-7-16/h3-12,14H,1-2H3/b17-12-. The zero-order valence-electron chi connectivity index (χ0n) is 12.6. The zero-order chi connectivity index (χ0) is 15.9. The molecule has 0 bridgehead atoms. The maximum absolute atomic E-state index is 11.5. The predicted octanol–water partition coefficient (Wildman–Crippen LogP) is 4.31. The Labute approximate surface area is 130 Å². The van der Waals surface area contributed by atoms with Gasteiger partial charge in [0.15, 0.2) is 0 Å². The highest BCUT2D eigenvalue weighted by atomic mass is 16.5. The van der Waals surface area contributed by atoms with Gasteiger partial charge < -0.3 is 4.74 Å². The van der Waals surface area contributed by atoms with E-state index in [2.05, 4.69) is 6.07 Å². The van der Waals surface area contributed by atoms with Crippen molar-refractivity contribution in [1.82, 2.24) is 0 Å². The molecule has 22 heavy (non-hydrogen) atoms. The van der Waals surface area contributed by atoms with Gasteiger partial charge in [-0.25, -0.2) is 0 Å². The van der Waals surface area contributed by atoms with Crippen LogP contribution in [0.3, 0.4) is 0 Å². The Balaban J connectivity index is 2.18. The van der Waals surface area contributed by atoms with E-state index >= 15 is 0 Å². The lowest BCUT2D eigenvalue weighted by Gasteiger charge is -2.06. The molecular formula is C19H17NO2. The van der Waals surface area contributed by atoms with Crippen LogP contribution in [0.15, 0.2) is 54.6 Å². The Morgan fingerprint density at radius 1 is 1.09 bits per heavy atom. The molecule has 0 fully saturated rings. The lowest BCUT2D eigenvalue weighted by molar-refractivity contribution is -0.137. The van der Waals surface area contributed by atoms with Crippen LogP contribution in [0.5, 0.6) is 5.75 Å². The van der Waals surface area contributed by atoms with Gasteiger partial charge in [0.05, 0.1) is 17.6 Å². The van der Waals surface area contributed by atoms with E-state index in [0.717, 1.165) is 11.1 Å². The summed E-state index contributed by atoms with van der Waals surface area (Å²) >= 11 is 0. The molecule has 0 N–H and O–H groups in total. The maximum atomic E-state index is 11.5. The number of nitriles is 1. The first-order chi connectivity index (χ1) is 10.6. The molecule has 0 aromatic heterocycles. The fourth-order valence-electron chi connectivity index (χ4n) is 1.83. The molecule has 0 radical (unpaired) electrons. The third-order valence-electron chi connectivity index (χ3n) is 3.09. The summed E-state index contributed by atoms with van der Waals surface area (Å²) in [6, 6.07) is 18.8. The Hall–Kier alpha value is -2.86. The number of benzene rings is 2. The minimum Gasteiger partial charge on any atom is -0.426 e. The Morgan fingerprint density at radius 3 is 2.27 bits per heavy atom. The van der Waals surface area contributed by atoms with Gasteiger partial charge in [-0.3, -0.25) is 4.79 Å². The van der Waals surface area contributed by atoms with Crippen LogP contribution in [0.4, 0.5) is 0 Å². The van der Waals surface area contributed by atoms with Crippen LogP contribution >= 0.6 is 0 Å². The van der Waals surface area contributed by atoms with Crippen LogP contribution in [0.2, 0.25) is 0 Å². The Kier molecular flexibility index (Phi) is 5.11. The zero-order valence-corrected chi connectivity index (χ0v) is 12.6. The van der Waals surface area contributed by atoms with Gasteiger partial charge in [0.2, 0.25) is 0 Å². The van der Waals surface area contributed by atoms with Gasteiger partial charge in [-0.05, 0) is 29.3 Å². The minimum atomic E-state index is -0.259. The van der Waals surface area contributed by atoms with Crippen LogP contribution in [0.25, 0.3) is 11.6 Å². The lowest BCUT2D eigenvalue weighted by Crippen LogP contribution is -2.14. The first-order valence-electron chi connectivity index (χ1n) is 7.09. The summed E-state index contributed by atoms with van der Waals surface area (Å²) in [6.45, 7) is 3.58. The molecule has 3 nitrogen and oxygen atoms in total. The van der Waals surface area contributed by atoms with E-state index < -0.39 is 0 Å². The van der Waals surface area contributed by atoms with Crippen molar-refractivity contribution in [2.24, 2.45) is 5.92 Å². The molecule has 0 aliphatic rings. The maximum Gasteiger partial charge on any atom is 0.313 e. The molecular weight excluding hydrogens is 274 g/mol. The van der Waals surface area contributed by atoms with E-state index in [0.29, 0.717) is 11.3 Å². The molecule has 110 valence electrons. The normalized spacial score (nSPS) is 11.1. The highest BCUT2D eigenvalue weighted by Crippen LogP contribution is 2.20. The number of nitrogens with zero attached hydrogens (tertiary/aromatic N) is 1. The Morgan fingerprint density at radius 2 is 1.73 bits per heavy atom. The molecule has 0 aliphatic carbocycles. The molecule has 2 aromatic carbocycles. The number of carbonyl (C=O) groups is 1. The summed E-state index contributed by atoms with van der Waals surface area (Å²) < 4.78 is 5.22. The molecule has 0 saturated carbocycles. The molecule has 0 amide bonds. The second-order valence-electron chi connectivity index (χ2n) is 5.18. The van der Waals surface area contributed by atoms with Gasteiger partial charge >= 0.3 is 5.97 Å². The number of carbonyl (C=O) groups excluding carboxylic acids is 1. The van der Waals surface area contributed by atoms with Gasteiger partial charge in [0.25, 0.3) is 0 Å². The molecule has 0 unspecified atom stereocenters. The van der Waals surface area contributed by atoms with E-state index in [9.17, 15) is 10.1 Å². The first kappa shape index (κ1) is 15.5. The van der Waals surface area contributed by atoms with Crippen molar-refractivity contribution in [3.8, 4) is 11.8 Å². The molecule has 0 atom stereocenters. The summed E-state index contributed by atoms with van der Waals surface area (Å²) in [5.41, 5.74) is 2.34. The molecule has 0 saturated heterocycles. The highest BCUT2D eigenvalue weighted by molar-refractivity contribution is 5.89. The van der Waals surface area contributed by atoms with Crippen molar-refractivity contribution in [3.63, 3.8) is 0 Å². The van der Waals surface area contributed by atoms with E-state index in [1.807, 2.05) is 48.5 Å². The van der Waals surface area contributed by atoms with Gasteiger partial charge in [-0.2, -0.15) is 5.26 Å². The molecule has 0 aliphatic heterocycles. The minimum absolute atomic E-state index is 0.164. The van der Waals surface area contributed by atoms with E-state index in [1.165, 1.54) is 0 Å². The summed E-state index contributed by atoms with van der Waals surface area (Å²) in [5.74, 6) is 0.0854. The number of allylic oxidation sites excluding steroid dienone is 1. The second-order valence-corrected chi connectivity index (χ2v) is 5.18. The van der Waals surface area contributed by atoms with Crippen LogP contribution in [-0.4, -0.2) is 5.97 Å². The van der Waals surface area contributed by atoms with Crippen molar-refractivity contribution >= 4 is 17.6 Å². The average Bonchev–Trinajstić information content (AvgIpc) is 2.54. The molecule has 3 heteroatoms. The fraction of sp³-hybridized carbons (Fsp3) is 0.158. The quantitative estimate of drug-likeness (QED) is 0.365. The average molecular weight is 291 g/mol. The summed E-state index contributed by atoms with van der Waals surface area (Å²) in [6.07, 6.45) is 1.81. The third-order valence-corrected chi connectivity index (χ3v) is 3.09. The topological polar surface area (TPSA) is 50.1 Å². The van der Waals surface area contributed by atoms with E-state index in [-0.39, 0.29) is 11.9 Å². The van der Waals surface area contributed by atoms with Crippen LogP contribution in [-0.2, 0) is 4.79 Å². The summed E-state index contributed by atoms with van der Waals surface area (Å²) in [7, 11) is 0. The third kappa shape index (κ3) is 4.07. The van der Waals surface area contributed by atoms with Crippen molar-refractivity contribution in [2.75, 3.05) is 0 Å². The number of rotatable bonds is 4. The van der Waals surface area contributed by atoms with Crippen LogP contribution in [0.1, 0.15) is 25.0 Å². The Bertz CT molecular complexity index is 707. The number of hydrogen-bond acceptors (Lipinski definition) is 3. The van der Waals surface area contributed by atoms with Gasteiger partial charge in [0.1, 0.15) is 5.75 Å². The van der Waals surface area contributed by atoms with Crippen LogP contribution < -0.4 is 4.74 Å². The molecule has 2 aromatic rings. The number of esters is 1. The lowest BCUT2D eigenvalue weighted by atomic mass is 10.0. The molecule has 0 heterocycles. The first-order valence-corrected chi connectivity index (χ1v) is 7.09. The van der Waals surface area contributed by atoms with E-state index in [1.54, 1.807) is 26.0 Å². The van der Waals surface area contributed by atoms with Gasteiger partial charge in [0, 0.05) is 0 Å². The van der Waals surface area contributed by atoms with Crippen molar-refractivity contribution in [1.29, 1.82) is 5.26 Å². The predicted molar refractivity (Wildman–Crippen MR) is 86.8 cm³/mol. The van der Waals surface area contributed by atoms with Crippen molar-refractivity contribution in [3.05, 3.63) is 65.7 Å². The molecule has 0 spiro atoms. The van der Waals surface area contributed by atoms with Crippen molar-refractivity contribution in [2.45, 2.75) is 13.8 Å². The number of hydrogen-bond donors (Lipinski definition) is 0. The molecule has 2 rings (SSSR count). The summed E-state index contributed by atoms with van der Waals surface area (Å²) in [5, 5.41) is 9.29. The van der Waals surface area contributed by atoms with Gasteiger partial charge in [-0.1, -0.05) is 56.3 Å². The van der Waals surface area contributed by atoms with Crippen LogP contribution in [0, 0.1) is 17.2 Å². The SMILES string of the molecule is CC(C)C(=O)Oc1ccc(/C=C(/C#N)c2ccccc2)cc1. The van der Waals surface area contributed by atoms with Crippen molar-refractivity contribution < 1.29 is 9.53 Å². The summed E-state index contributed by atoms with van der Waals surface area (Å²) in [4.78, 5) is 11.5. The second kappa shape index (κ2) is 7.24. The largest absolute Gasteiger partial charge is 0.426 e. The smallest absolute Gasteiger partial charge is 0.313 e. The highest BCUT2D eigenvalue weighted by Gasteiger charge is 2.09. The fourth-order valence-corrected chi connectivity index (χ4v) is 1.83.